The molecule has 0 unspecified atom stereocenters. The molecule has 2 nitrogen and oxygen atoms in total. The Morgan fingerprint density at radius 1 is 1.05 bits per heavy atom. The zero-order valence-electron chi connectivity index (χ0n) is 10.7. The fourth-order valence-corrected chi connectivity index (χ4v) is 2.91. The zero-order valence-corrected chi connectivity index (χ0v) is 12.2. The second kappa shape index (κ2) is 4.97. The van der Waals surface area contributed by atoms with E-state index in [9.17, 15) is 4.79 Å². The minimum Gasteiger partial charge on any atom is -0.354 e. The molecule has 0 bridgehead atoms. The van der Waals surface area contributed by atoms with E-state index in [1.807, 2.05) is 30.3 Å². The van der Waals surface area contributed by atoms with Gasteiger partial charge in [-0.15, -0.1) is 0 Å². The molecule has 2 aromatic carbocycles. The standard InChI is InChI=1S/C16H11Cl2NO/c1-9-15(10-5-3-2-4-6-10)19-13-8-11(17)7-12(18)14(13)16(9)20/h2-8H,1H3,(H,19,20). The zero-order chi connectivity index (χ0) is 14.3. The summed E-state index contributed by atoms with van der Waals surface area (Å²) < 4.78 is 0. The Hall–Kier alpha value is -1.77. The number of halogens is 2. The molecule has 0 aliphatic heterocycles. The van der Waals surface area contributed by atoms with Crippen LogP contribution in [0.25, 0.3) is 22.2 Å². The van der Waals surface area contributed by atoms with E-state index in [-0.39, 0.29) is 5.43 Å². The van der Waals surface area contributed by atoms with Gasteiger partial charge in [-0.05, 0) is 24.6 Å². The van der Waals surface area contributed by atoms with Crippen LogP contribution >= 0.6 is 23.2 Å². The van der Waals surface area contributed by atoms with E-state index in [1.54, 1.807) is 19.1 Å². The quantitative estimate of drug-likeness (QED) is 0.687. The predicted molar refractivity (Wildman–Crippen MR) is 84.8 cm³/mol. The molecule has 100 valence electrons. The van der Waals surface area contributed by atoms with Gasteiger partial charge in [-0.3, -0.25) is 4.79 Å². The largest absolute Gasteiger partial charge is 0.354 e. The van der Waals surface area contributed by atoms with Crippen LogP contribution in [0.15, 0.2) is 47.3 Å². The van der Waals surface area contributed by atoms with Crippen molar-refractivity contribution in [3.63, 3.8) is 0 Å². The Balaban J connectivity index is 2.42. The molecule has 0 aliphatic rings. The maximum absolute atomic E-state index is 12.5. The highest BCUT2D eigenvalue weighted by atomic mass is 35.5. The van der Waals surface area contributed by atoms with E-state index in [0.29, 0.717) is 26.5 Å². The SMILES string of the molecule is Cc1c(-c2ccccc2)[nH]c2cc(Cl)cc(Cl)c2c1=O. The molecule has 0 fully saturated rings. The summed E-state index contributed by atoms with van der Waals surface area (Å²) in [5.74, 6) is 0. The Morgan fingerprint density at radius 3 is 2.45 bits per heavy atom. The molecule has 3 rings (SSSR count). The number of fused-ring (bicyclic) bond motifs is 1. The molecule has 0 saturated heterocycles. The van der Waals surface area contributed by atoms with E-state index in [2.05, 4.69) is 4.98 Å². The first kappa shape index (κ1) is 13.2. The second-order valence-electron chi connectivity index (χ2n) is 4.63. The Bertz CT molecular complexity index is 854. The van der Waals surface area contributed by atoms with Gasteiger partial charge in [0.2, 0.25) is 0 Å². The van der Waals surface area contributed by atoms with Crippen LogP contribution in [-0.2, 0) is 0 Å². The molecule has 1 aromatic heterocycles. The van der Waals surface area contributed by atoms with Crippen LogP contribution in [-0.4, -0.2) is 4.98 Å². The third kappa shape index (κ3) is 2.11. The van der Waals surface area contributed by atoms with Gasteiger partial charge in [0.15, 0.2) is 5.43 Å². The molecule has 0 atom stereocenters. The third-order valence-corrected chi connectivity index (χ3v) is 3.84. The molecule has 20 heavy (non-hydrogen) atoms. The number of aromatic amines is 1. The van der Waals surface area contributed by atoms with Gasteiger partial charge in [-0.25, -0.2) is 0 Å². The number of pyridine rings is 1. The molecule has 0 amide bonds. The maximum Gasteiger partial charge on any atom is 0.194 e. The van der Waals surface area contributed by atoms with E-state index in [4.69, 9.17) is 23.2 Å². The van der Waals surface area contributed by atoms with Gasteiger partial charge in [0, 0.05) is 10.6 Å². The summed E-state index contributed by atoms with van der Waals surface area (Å²) in [6, 6.07) is 13.0. The molecule has 3 aromatic rings. The lowest BCUT2D eigenvalue weighted by Gasteiger charge is -2.10. The maximum atomic E-state index is 12.5. The summed E-state index contributed by atoms with van der Waals surface area (Å²) in [4.78, 5) is 15.8. The number of nitrogens with one attached hydrogen (secondary N) is 1. The number of H-pyrrole nitrogens is 1. The highest BCUT2D eigenvalue weighted by molar-refractivity contribution is 6.38. The predicted octanol–water partition coefficient (Wildman–Crippen LogP) is 4.81. The van der Waals surface area contributed by atoms with Crippen molar-refractivity contribution in [3.8, 4) is 11.3 Å². The van der Waals surface area contributed by atoms with Crippen molar-refractivity contribution in [2.24, 2.45) is 0 Å². The van der Waals surface area contributed by atoms with Crippen molar-refractivity contribution in [3.05, 3.63) is 68.3 Å². The van der Waals surface area contributed by atoms with Crippen molar-refractivity contribution in [2.75, 3.05) is 0 Å². The highest BCUT2D eigenvalue weighted by Gasteiger charge is 2.13. The van der Waals surface area contributed by atoms with Crippen LogP contribution in [0.5, 0.6) is 0 Å². The minimum absolute atomic E-state index is 0.0701. The summed E-state index contributed by atoms with van der Waals surface area (Å²) in [5, 5.41) is 1.35. The molecule has 0 spiro atoms. The van der Waals surface area contributed by atoms with Crippen LogP contribution in [0.2, 0.25) is 10.0 Å². The molecule has 0 aliphatic carbocycles. The van der Waals surface area contributed by atoms with Gasteiger partial charge in [0.05, 0.1) is 21.6 Å². The van der Waals surface area contributed by atoms with Gasteiger partial charge in [-0.1, -0.05) is 53.5 Å². The van der Waals surface area contributed by atoms with Gasteiger partial charge in [-0.2, -0.15) is 0 Å². The van der Waals surface area contributed by atoms with Crippen molar-refractivity contribution in [2.45, 2.75) is 6.92 Å². The van der Waals surface area contributed by atoms with Crippen molar-refractivity contribution >= 4 is 34.1 Å². The first-order chi connectivity index (χ1) is 9.58. The van der Waals surface area contributed by atoms with Crippen LogP contribution in [0, 0.1) is 6.92 Å². The summed E-state index contributed by atoms with van der Waals surface area (Å²) in [6.07, 6.45) is 0. The highest BCUT2D eigenvalue weighted by Crippen LogP contribution is 2.28. The molecule has 1 N–H and O–H groups in total. The molecular weight excluding hydrogens is 293 g/mol. The Labute approximate surface area is 126 Å². The van der Waals surface area contributed by atoms with Crippen molar-refractivity contribution < 1.29 is 0 Å². The van der Waals surface area contributed by atoms with Gasteiger partial charge in [0.25, 0.3) is 0 Å². The second-order valence-corrected chi connectivity index (χ2v) is 5.47. The van der Waals surface area contributed by atoms with Gasteiger partial charge >= 0.3 is 0 Å². The summed E-state index contributed by atoms with van der Waals surface area (Å²) >= 11 is 12.1. The normalized spacial score (nSPS) is 10.9. The lowest BCUT2D eigenvalue weighted by atomic mass is 10.0. The summed E-state index contributed by atoms with van der Waals surface area (Å²) in [6.45, 7) is 1.80. The van der Waals surface area contributed by atoms with Crippen LogP contribution < -0.4 is 5.43 Å². The average Bonchev–Trinajstić information content (AvgIpc) is 2.43. The number of aromatic nitrogens is 1. The van der Waals surface area contributed by atoms with E-state index in [0.717, 1.165) is 11.3 Å². The Kier molecular flexibility index (Phi) is 3.28. The van der Waals surface area contributed by atoms with Crippen LogP contribution in [0.4, 0.5) is 0 Å². The number of rotatable bonds is 1. The van der Waals surface area contributed by atoms with Crippen molar-refractivity contribution in [1.82, 2.24) is 4.98 Å². The smallest absolute Gasteiger partial charge is 0.194 e. The fraction of sp³-hybridized carbons (Fsp3) is 0.0625. The van der Waals surface area contributed by atoms with Gasteiger partial charge < -0.3 is 4.98 Å². The molecule has 0 radical (unpaired) electrons. The summed E-state index contributed by atoms with van der Waals surface area (Å²) in [5.41, 5.74) is 2.98. The number of benzene rings is 2. The molecule has 1 heterocycles. The minimum atomic E-state index is -0.0701. The number of hydrogen-bond acceptors (Lipinski definition) is 1. The third-order valence-electron chi connectivity index (χ3n) is 3.32. The molecule has 0 saturated carbocycles. The lowest BCUT2D eigenvalue weighted by Crippen LogP contribution is -2.10. The monoisotopic (exact) mass is 303 g/mol. The van der Waals surface area contributed by atoms with E-state index < -0.39 is 0 Å². The van der Waals surface area contributed by atoms with Crippen LogP contribution in [0.3, 0.4) is 0 Å². The van der Waals surface area contributed by atoms with Gasteiger partial charge in [0.1, 0.15) is 0 Å². The summed E-state index contributed by atoms with van der Waals surface area (Å²) in [7, 11) is 0. The lowest BCUT2D eigenvalue weighted by molar-refractivity contribution is 1.30. The number of hydrogen-bond donors (Lipinski definition) is 1. The van der Waals surface area contributed by atoms with Crippen molar-refractivity contribution in [1.29, 1.82) is 0 Å². The Morgan fingerprint density at radius 2 is 1.75 bits per heavy atom. The molecule has 4 heteroatoms. The first-order valence-electron chi connectivity index (χ1n) is 6.15. The average molecular weight is 304 g/mol. The van der Waals surface area contributed by atoms with E-state index in [1.165, 1.54) is 0 Å². The van der Waals surface area contributed by atoms with E-state index >= 15 is 0 Å². The van der Waals surface area contributed by atoms with Crippen LogP contribution in [0.1, 0.15) is 5.56 Å². The fourth-order valence-electron chi connectivity index (χ4n) is 2.33. The topological polar surface area (TPSA) is 32.9 Å². The molecular formula is C16H11Cl2NO. The first-order valence-corrected chi connectivity index (χ1v) is 6.90.